The lowest BCUT2D eigenvalue weighted by atomic mass is 9.97. The summed E-state index contributed by atoms with van der Waals surface area (Å²) in [5, 5.41) is 2.99. The Morgan fingerprint density at radius 2 is 2.17 bits per heavy atom. The van der Waals surface area contributed by atoms with Crippen molar-refractivity contribution in [1.29, 1.82) is 0 Å². The molecule has 1 unspecified atom stereocenters. The summed E-state index contributed by atoms with van der Waals surface area (Å²) >= 11 is 0. The summed E-state index contributed by atoms with van der Waals surface area (Å²) in [7, 11) is 0. The van der Waals surface area contributed by atoms with Crippen LogP contribution in [0.3, 0.4) is 0 Å². The molecular formula is C19H22N2O2. The molecule has 0 fully saturated rings. The van der Waals surface area contributed by atoms with E-state index in [1.165, 1.54) is 11.1 Å². The van der Waals surface area contributed by atoms with Crippen LogP contribution in [0.2, 0.25) is 0 Å². The zero-order chi connectivity index (χ0) is 15.9. The van der Waals surface area contributed by atoms with E-state index in [4.69, 9.17) is 4.74 Å². The van der Waals surface area contributed by atoms with Crippen molar-refractivity contribution in [2.24, 2.45) is 0 Å². The molecule has 1 N–H and O–H groups in total. The van der Waals surface area contributed by atoms with Crippen LogP contribution in [0.15, 0.2) is 48.8 Å². The van der Waals surface area contributed by atoms with Gasteiger partial charge in [-0.3, -0.25) is 9.78 Å². The van der Waals surface area contributed by atoms with Crippen molar-refractivity contribution in [3.63, 3.8) is 0 Å². The normalized spacial score (nSPS) is 15.9. The third-order valence-corrected chi connectivity index (χ3v) is 4.24. The number of aromatic nitrogens is 1. The number of nitrogens with zero attached hydrogens (tertiary/aromatic N) is 1. The predicted octanol–water partition coefficient (Wildman–Crippen LogP) is 3.09. The Morgan fingerprint density at radius 1 is 1.26 bits per heavy atom. The van der Waals surface area contributed by atoms with Crippen molar-refractivity contribution in [3.05, 3.63) is 59.9 Å². The highest BCUT2D eigenvalue weighted by molar-refractivity contribution is 5.77. The van der Waals surface area contributed by atoms with Crippen LogP contribution in [-0.4, -0.2) is 24.0 Å². The second kappa shape index (κ2) is 7.77. The van der Waals surface area contributed by atoms with Crippen LogP contribution in [0, 0.1) is 0 Å². The first kappa shape index (κ1) is 15.5. The summed E-state index contributed by atoms with van der Waals surface area (Å²) in [6, 6.07) is 12.2. The molecule has 1 amide bonds. The molecule has 0 bridgehead atoms. The van der Waals surface area contributed by atoms with E-state index in [-0.39, 0.29) is 5.91 Å². The van der Waals surface area contributed by atoms with Gasteiger partial charge in [-0.25, -0.2) is 0 Å². The Balaban J connectivity index is 1.34. The van der Waals surface area contributed by atoms with E-state index >= 15 is 0 Å². The minimum atomic E-state index is 0.132. The molecule has 1 aliphatic carbocycles. The van der Waals surface area contributed by atoms with E-state index in [1.54, 1.807) is 12.4 Å². The van der Waals surface area contributed by atoms with Crippen LogP contribution in [0.5, 0.6) is 5.75 Å². The Bertz CT molecular complexity index is 643. The first-order valence-electron chi connectivity index (χ1n) is 8.20. The Kier molecular flexibility index (Phi) is 5.25. The fourth-order valence-electron chi connectivity index (χ4n) is 3.08. The van der Waals surface area contributed by atoms with Crippen LogP contribution in [0.1, 0.15) is 36.3 Å². The molecule has 0 saturated heterocycles. The van der Waals surface area contributed by atoms with E-state index in [2.05, 4.69) is 34.6 Å². The number of nitrogens with one attached hydrogen (secondary N) is 1. The van der Waals surface area contributed by atoms with Crippen LogP contribution in [0.4, 0.5) is 0 Å². The number of pyridine rings is 1. The second-order valence-electron chi connectivity index (χ2n) is 5.88. The van der Waals surface area contributed by atoms with Crippen molar-refractivity contribution in [1.82, 2.24) is 10.3 Å². The number of carbonyl (C=O) groups is 1. The topological polar surface area (TPSA) is 51.2 Å². The lowest BCUT2D eigenvalue weighted by molar-refractivity contribution is -0.121. The molecule has 1 heterocycles. The Labute approximate surface area is 136 Å². The van der Waals surface area contributed by atoms with E-state index in [0.29, 0.717) is 25.5 Å². The van der Waals surface area contributed by atoms with Gasteiger partial charge in [0.05, 0.1) is 12.8 Å². The SMILES string of the molecule is O=C(CC1CCc2ccccc21)NCCCOc1cccnc1. The lowest BCUT2D eigenvalue weighted by Crippen LogP contribution is -2.26. The molecule has 0 aliphatic heterocycles. The molecule has 0 saturated carbocycles. The molecule has 1 aliphatic rings. The number of rotatable bonds is 7. The van der Waals surface area contributed by atoms with Crippen LogP contribution >= 0.6 is 0 Å². The highest BCUT2D eigenvalue weighted by Crippen LogP contribution is 2.34. The average molecular weight is 310 g/mol. The number of amides is 1. The van der Waals surface area contributed by atoms with Gasteiger partial charge in [-0.05, 0) is 48.4 Å². The van der Waals surface area contributed by atoms with Crippen molar-refractivity contribution in [3.8, 4) is 5.75 Å². The summed E-state index contributed by atoms with van der Waals surface area (Å²) in [6.45, 7) is 1.23. The highest BCUT2D eigenvalue weighted by atomic mass is 16.5. The van der Waals surface area contributed by atoms with Crippen LogP contribution in [-0.2, 0) is 11.2 Å². The molecule has 1 atom stereocenters. The highest BCUT2D eigenvalue weighted by Gasteiger charge is 2.23. The minimum absolute atomic E-state index is 0.132. The monoisotopic (exact) mass is 310 g/mol. The van der Waals surface area contributed by atoms with E-state index in [0.717, 1.165) is 25.0 Å². The molecule has 3 rings (SSSR count). The zero-order valence-corrected chi connectivity index (χ0v) is 13.2. The van der Waals surface area contributed by atoms with Gasteiger partial charge in [0.25, 0.3) is 0 Å². The number of ether oxygens (including phenoxy) is 1. The number of aryl methyl sites for hydroxylation is 1. The fourth-order valence-corrected chi connectivity index (χ4v) is 3.08. The summed E-state index contributed by atoms with van der Waals surface area (Å²) in [6.07, 6.45) is 6.96. The van der Waals surface area contributed by atoms with Gasteiger partial charge in [0.2, 0.25) is 5.91 Å². The molecule has 1 aromatic heterocycles. The molecule has 23 heavy (non-hydrogen) atoms. The third kappa shape index (κ3) is 4.31. The van der Waals surface area contributed by atoms with Gasteiger partial charge in [0.15, 0.2) is 0 Å². The smallest absolute Gasteiger partial charge is 0.220 e. The van der Waals surface area contributed by atoms with Crippen LogP contribution < -0.4 is 10.1 Å². The quantitative estimate of drug-likeness (QED) is 0.800. The van der Waals surface area contributed by atoms with E-state index in [1.807, 2.05) is 12.1 Å². The molecular weight excluding hydrogens is 288 g/mol. The lowest BCUT2D eigenvalue weighted by Gasteiger charge is -2.12. The van der Waals surface area contributed by atoms with Gasteiger partial charge < -0.3 is 10.1 Å². The van der Waals surface area contributed by atoms with Gasteiger partial charge in [0, 0.05) is 19.2 Å². The van der Waals surface area contributed by atoms with Gasteiger partial charge in [-0.15, -0.1) is 0 Å². The zero-order valence-electron chi connectivity index (χ0n) is 13.2. The van der Waals surface area contributed by atoms with E-state index in [9.17, 15) is 4.79 Å². The van der Waals surface area contributed by atoms with Crippen molar-refractivity contribution in [2.75, 3.05) is 13.2 Å². The molecule has 2 aromatic rings. The van der Waals surface area contributed by atoms with Crippen molar-refractivity contribution < 1.29 is 9.53 Å². The summed E-state index contributed by atoms with van der Waals surface area (Å²) in [4.78, 5) is 16.1. The standard InChI is InChI=1S/C19H22N2O2/c22-19(13-16-9-8-15-5-1-2-7-18(15)16)21-11-4-12-23-17-6-3-10-20-14-17/h1-3,5-7,10,14,16H,4,8-9,11-13H2,(H,21,22). The Hall–Kier alpha value is -2.36. The number of carbonyl (C=O) groups excluding carboxylic acids is 1. The fraction of sp³-hybridized carbons (Fsp3) is 0.368. The van der Waals surface area contributed by atoms with Gasteiger partial charge in [-0.1, -0.05) is 24.3 Å². The average Bonchev–Trinajstić information content (AvgIpc) is 2.99. The van der Waals surface area contributed by atoms with Crippen molar-refractivity contribution in [2.45, 2.75) is 31.6 Å². The summed E-state index contributed by atoms with van der Waals surface area (Å²) in [5.74, 6) is 1.27. The first-order chi connectivity index (χ1) is 11.3. The van der Waals surface area contributed by atoms with E-state index < -0.39 is 0 Å². The summed E-state index contributed by atoms with van der Waals surface area (Å²) in [5.41, 5.74) is 2.75. The number of hydrogen-bond acceptors (Lipinski definition) is 3. The molecule has 0 spiro atoms. The molecule has 4 nitrogen and oxygen atoms in total. The molecule has 120 valence electrons. The largest absolute Gasteiger partial charge is 0.492 e. The number of hydrogen-bond donors (Lipinski definition) is 1. The van der Waals surface area contributed by atoms with Crippen LogP contribution in [0.25, 0.3) is 0 Å². The molecule has 1 aromatic carbocycles. The maximum atomic E-state index is 12.1. The maximum Gasteiger partial charge on any atom is 0.220 e. The third-order valence-electron chi connectivity index (χ3n) is 4.24. The van der Waals surface area contributed by atoms with Crippen molar-refractivity contribution >= 4 is 5.91 Å². The first-order valence-corrected chi connectivity index (χ1v) is 8.20. The minimum Gasteiger partial charge on any atom is -0.492 e. The number of benzene rings is 1. The maximum absolute atomic E-state index is 12.1. The summed E-state index contributed by atoms with van der Waals surface area (Å²) < 4.78 is 5.55. The predicted molar refractivity (Wildman–Crippen MR) is 89.5 cm³/mol. The molecule has 0 radical (unpaired) electrons. The van der Waals surface area contributed by atoms with Gasteiger partial charge in [-0.2, -0.15) is 0 Å². The van der Waals surface area contributed by atoms with Gasteiger partial charge >= 0.3 is 0 Å². The van der Waals surface area contributed by atoms with Gasteiger partial charge in [0.1, 0.15) is 5.75 Å². The number of fused-ring (bicyclic) bond motifs is 1. The Morgan fingerprint density at radius 3 is 3.04 bits per heavy atom. The molecule has 4 heteroatoms. The second-order valence-corrected chi connectivity index (χ2v) is 5.88.